The van der Waals surface area contributed by atoms with E-state index in [1.54, 1.807) is 18.2 Å². The third-order valence-electron chi connectivity index (χ3n) is 2.09. The summed E-state index contributed by atoms with van der Waals surface area (Å²) in [5.74, 6) is 0. The summed E-state index contributed by atoms with van der Waals surface area (Å²) in [6.45, 7) is 4.41. The van der Waals surface area contributed by atoms with Gasteiger partial charge >= 0.3 is 0 Å². The average Bonchev–Trinajstić information content (AvgIpc) is 2.18. The average molecular weight is 224 g/mol. The molecule has 1 aromatic rings. The van der Waals surface area contributed by atoms with Crippen LogP contribution in [0.4, 0.5) is 5.69 Å². The molecule has 0 unspecified atom stereocenters. The Morgan fingerprint density at radius 3 is 2.73 bits per heavy atom. The number of hydrogen-bond donors (Lipinski definition) is 2. The number of nitrogens with two attached hydrogens (primary N) is 1. The van der Waals surface area contributed by atoms with Crippen molar-refractivity contribution in [3.8, 4) is 6.07 Å². The molecule has 0 radical (unpaired) electrons. The lowest BCUT2D eigenvalue weighted by Gasteiger charge is -2.26. The van der Waals surface area contributed by atoms with Crippen molar-refractivity contribution in [2.75, 3.05) is 11.9 Å². The first-order valence-corrected chi connectivity index (χ1v) is 5.04. The maximum absolute atomic E-state index is 8.91. The lowest BCUT2D eigenvalue weighted by molar-refractivity contribution is 0.580. The molecule has 0 aromatic heterocycles. The van der Waals surface area contributed by atoms with Crippen molar-refractivity contribution in [1.82, 2.24) is 0 Å². The second-order valence-electron chi connectivity index (χ2n) is 4.01. The maximum Gasteiger partial charge on any atom is 0.101 e. The fourth-order valence-electron chi connectivity index (χ4n) is 1.13. The normalized spacial score (nSPS) is 10.9. The van der Waals surface area contributed by atoms with Gasteiger partial charge in [0.05, 0.1) is 11.3 Å². The van der Waals surface area contributed by atoms with Gasteiger partial charge in [0.25, 0.3) is 0 Å². The van der Waals surface area contributed by atoms with Crippen LogP contribution in [-0.2, 0) is 0 Å². The van der Waals surface area contributed by atoms with E-state index in [0.29, 0.717) is 17.1 Å². The topological polar surface area (TPSA) is 61.8 Å². The molecule has 0 saturated carbocycles. The van der Waals surface area contributed by atoms with Crippen LogP contribution in [0, 0.1) is 11.3 Å². The van der Waals surface area contributed by atoms with Crippen molar-refractivity contribution in [2.45, 2.75) is 19.4 Å². The van der Waals surface area contributed by atoms with Gasteiger partial charge in [-0.2, -0.15) is 5.26 Å². The Kier molecular flexibility index (Phi) is 3.57. The number of nitrogens with zero attached hydrogens (tertiary/aromatic N) is 1. The minimum absolute atomic E-state index is 0.254. The van der Waals surface area contributed by atoms with E-state index in [9.17, 15) is 0 Å². The Hall–Kier alpha value is -1.24. The summed E-state index contributed by atoms with van der Waals surface area (Å²) in [6.07, 6.45) is 0. The van der Waals surface area contributed by atoms with E-state index in [1.807, 2.05) is 13.8 Å². The van der Waals surface area contributed by atoms with Crippen LogP contribution in [0.2, 0.25) is 5.02 Å². The number of benzene rings is 1. The fraction of sp³-hybridized carbons (Fsp3) is 0.364. The van der Waals surface area contributed by atoms with E-state index >= 15 is 0 Å². The largest absolute Gasteiger partial charge is 0.378 e. The predicted molar refractivity (Wildman–Crippen MR) is 62.9 cm³/mol. The molecule has 1 rings (SSSR count). The smallest absolute Gasteiger partial charge is 0.101 e. The number of anilines is 1. The van der Waals surface area contributed by atoms with Crippen LogP contribution in [0.15, 0.2) is 18.2 Å². The van der Waals surface area contributed by atoms with Gasteiger partial charge in [-0.15, -0.1) is 0 Å². The van der Waals surface area contributed by atoms with Crippen LogP contribution < -0.4 is 11.1 Å². The van der Waals surface area contributed by atoms with Crippen LogP contribution >= 0.6 is 11.6 Å². The van der Waals surface area contributed by atoms with E-state index < -0.39 is 0 Å². The SMILES string of the molecule is CC(C)(CN)Nc1cc(Cl)ccc1C#N. The summed E-state index contributed by atoms with van der Waals surface area (Å²) >= 11 is 5.87. The molecule has 0 fully saturated rings. The van der Waals surface area contributed by atoms with Crippen LogP contribution in [0.5, 0.6) is 0 Å². The summed E-state index contributed by atoms with van der Waals surface area (Å²) in [4.78, 5) is 0. The van der Waals surface area contributed by atoms with E-state index in [1.165, 1.54) is 0 Å². The van der Waals surface area contributed by atoms with E-state index in [4.69, 9.17) is 22.6 Å². The molecule has 1 aromatic carbocycles. The van der Waals surface area contributed by atoms with E-state index in [0.717, 1.165) is 5.69 Å². The molecule has 80 valence electrons. The molecule has 0 aliphatic carbocycles. The Labute approximate surface area is 94.8 Å². The van der Waals surface area contributed by atoms with Crippen molar-refractivity contribution < 1.29 is 0 Å². The fourth-order valence-corrected chi connectivity index (χ4v) is 1.31. The summed E-state index contributed by atoms with van der Waals surface area (Å²) in [5, 5.41) is 12.7. The van der Waals surface area contributed by atoms with Crippen molar-refractivity contribution in [2.24, 2.45) is 5.73 Å². The van der Waals surface area contributed by atoms with Crippen molar-refractivity contribution in [3.63, 3.8) is 0 Å². The number of nitriles is 1. The molecule has 0 aliphatic heterocycles. The Balaban J connectivity index is 3.04. The molecular weight excluding hydrogens is 210 g/mol. The Morgan fingerprint density at radius 2 is 2.20 bits per heavy atom. The molecule has 0 heterocycles. The van der Waals surface area contributed by atoms with Gasteiger partial charge in [0.2, 0.25) is 0 Å². The summed E-state index contributed by atoms with van der Waals surface area (Å²) in [5.41, 5.74) is 6.64. The van der Waals surface area contributed by atoms with Gasteiger partial charge in [-0.3, -0.25) is 0 Å². The van der Waals surface area contributed by atoms with Gasteiger partial charge in [-0.05, 0) is 32.0 Å². The minimum Gasteiger partial charge on any atom is -0.378 e. The Morgan fingerprint density at radius 1 is 1.53 bits per heavy atom. The number of halogens is 1. The molecule has 0 amide bonds. The van der Waals surface area contributed by atoms with Crippen LogP contribution in [0.3, 0.4) is 0 Å². The zero-order valence-corrected chi connectivity index (χ0v) is 9.60. The standard InChI is InChI=1S/C11H14ClN3/c1-11(2,7-14)15-10-5-9(12)4-3-8(10)6-13/h3-5,15H,7,14H2,1-2H3. The summed E-state index contributed by atoms with van der Waals surface area (Å²) < 4.78 is 0. The van der Waals surface area contributed by atoms with Crippen LogP contribution in [0.25, 0.3) is 0 Å². The van der Waals surface area contributed by atoms with E-state index in [2.05, 4.69) is 11.4 Å². The predicted octanol–water partition coefficient (Wildman–Crippen LogP) is 2.36. The monoisotopic (exact) mass is 223 g/mol. The van der Waals surface area contributed by atoms with Crippen LogP contribution in [-0.4, -0.2) is 12.1 Å². The second-order valence-corrected chi connectivity index (χ2v) is 4.45. The molecule has 0 saturated heterocycles. The van der Waals surface area contributed by atoms with Gasteiger partial charge in [0, 0.05) is 17.1 Å². The number of hydrogen-bond acceptors (Lipinski definition) is 3. The first-order valence-electron chi connectivity index (χ1n) is 4.66. The highest BCUT2D eigenvalue weighted by atomic mass is 35.5. The summed E-state index contributed by atoms with van der Waals surface area (Å²) in [7, 11) is 0. The van der Waals surface area contributed by atoms with Gasteiger partial charge in [0.1, 0.15) is 6.07 Å². The molecular formula is C11H14ClN3. The molecule has 0 spiro atoms. The molecule has 0 atom stereocenters. The van der Waals surface area contributed by atoms with Crippen molar-refractivity contribution in [1.29, 1.82) is 5.26 Å². The zero-order chi connectivity index (χ0) is 11.5. The van der Waals surface area contributed by atoms with Gasteiger partial charge in [-0.1, -0.05) is 11.6 Å². The highest BCUT2D eigenvalue weighted by Gasteiger charge is 2.16. The first kappa shape index (κ1) is 11.8. The lowest BCUT2D eigenvalue weighted by Crippen LogP contribution is -2.39. The van der Waals surface area contributed by atoms with Crippen LogP contribution in [0.1, 0.15) is 19.4 Å². The number of rotatable bonds is 3. The van der Waals surface area contributed by atoms with Crippen molar-refractivity contribution >= 4 is 17.3 Å². The second kappa shape index (κ2) is 4.52. The maximum atomic E-state index is 8.91. The molecule has 15 heavy (non-hydrogen) atoms. The third kappa shape index (κ3) is 3.12. The van der Waals surface area contributed by atoms with Gasteiger partial charge in [0.15, 0.2) is 0 Å². The van der Waals surface area contributed by atoms with Gasteiger partial charge in [-0.25, -0.2) is 0 Å². The lowest BCUT2D eigenvalue weighted by atomic mass is 10.0. The quantitative estimate of drug-likeness (QED) is 0.827. The Bertz CT molecular complexity index is 393. The molecule has 3 N–H and O–H groups in total. The minimum atomic E-state index is -0.254. The highest BCUT2D eigenvalue weighted by Crippen LogP contribution is 2.23. The van der Waals surface area contributed by atoms with E-state index in [-0.39, 0.29) is 5.54 Å². The number of nitrogens with one attached hydrogen (secondary N) is 1. The molecule has 0 bridgehead atoms. The third-order valence-corrected chi connectivity index (χ3v) is 2.32. The van der Waals surface area contributed by atoms with Gasteiger partial charge < -0.3 is 11.1 Å². The first-order chi connectivity index (χ1) is 6.98. The molecule has 4 heteroatoms. The van der Waals surface area contributed by atoms with Crippen molar-refractivity contribution in [3.05, 3.63) is 28.8 Å². The molecule has 0 aliphatic rings. The highest BCUT2D eigenvalue weighted by molar-refractivity contribution is 6.30. The summed E-state index contributed by atoms with van der Waals surface area (Å²) in [6, 6.07) is 7.23. The zero-order valence-electron chi connectivity index (χ0n) is 8.84. The molecule has 3 nitrogen and oxygen atoms in total.